The first-order valence-corrected chi connectivity index (χ1v) is 6.23. The Bertz CT molecular complexity index is 778. The lowest BCUT2D eigenvalue weighted by Crippen LogP contribution is -2.03. The van der Waals surface area contributed by atoms with Crippen molar-refractivity contribution in [2.24, 2.45) is 0 Å². The molecule has 0 saturated carbocycles. The molecule has 0 aliphatic carbocycles. The number of nitrogen functional groups attached to an aromatic ring is 1. The molecule has 106 valence electrons. The fourth-order valence-electron chi connectivity index (χ4n) is 1.96. The molecule has 0 radical (unpaired) electrons. The largest absolute Gasteiger partial charge is 0.398 e. The lowest BCUT2D eigenvalue weighted by atomic mass is 10.1. The minimum Gasteiger partial charge on any atom is -0.398 e. The highest BCUT2D eigenvalue weighted by atomic mass is 35.5. The third kappa shape index (κ3) is 2.43. The van der Waals surface area contributed by atoms with Gasteiger partial charge in [-0.1, -0.05) is 17.7 Å². The van der Waals surface area contributed by atoms with Crippen LogP contribution in [0.5, 0.6) is 0 Å². The summed E-state index contributed by atoms with van der Waals surface area (Å²) in [6.45, 7) is 0. The SMILES string of the molecule is Nc1cccc(Cl)c1-c1nnnn1-c1cc(F)cc(F)c1. The number of halogens is 3. The first kappa shape index (κ1) is 13.4. The summed E-state index contributed by atoms with van der Waals surface area (Å²) in [5, 5.41) is 11.4. The topological polar surface area (TPSA) is 69.6 Å². The Labute approximate surface area is 123 Å². The van der Waals surface area contributed by atoms with E-state index < -0.39 is 11.6 Å². The monoisotopic (exact) mass is 307 g/mol. The smallest absolute Gasteiger partial charge is 0.190 e. The number of nitrogens with two attached hydrogens (primary N) is 1. The van der Waals surface area contributed by atoms with Gasteiger partial charge in [0.15, 0.2) is 5.82 Å². The normalized spacial score (nSPS) is 10.8. The lowest BCUT2D eigenvalue weighted by Gasteiger charge is -2.08. The summed E-state index contributed by atoms with van der Waals surface area (Å²) < 4.78 is 27.9. The van der Waals surface area contributed by atoms with Crippen LogP contribution in [0.1, 0.15) is 0 Å². The van der Waals surface area contributed by atoms with Crippen LogP contribution < -0.4 is 5.73 Å². The van der Waals surface area contributed by atoms with Crippen molar-refractivity contribution in [1.82, 2.24) is 20.2 Å². The van der Waals surface area contributed by atoms with Crippen molar-refractivity contribution >= 4 is 17.3 Å². The van der Waals surface area contributed by atoms with E-state index in [9.17, 15) is 8.78 Å². The van der Waals surface area contributed by atoms with E-state index in [1.807, 2.05) is 0 Å². The Hall–Kier alpha value is -2.54. The molecule has 0 spiro atoms. The minimum atomic E-state index is -0.737. The maximum absolute atomic E-state index is 13.3. The summed E-state index contributed by atoms with van der Waals surface area (Å²) in [5.74, 6) is -1.28. The van der Waals surface area contributed by atoms with E-state index in [1.54, 1.807) is 18.2 Å². The average Bonchev–Trinajstić information content (AvgIpc) is 2.86. The highest BCUT2D eigenvalue weighted by molar-refractivity contribution is 6.33. The summed E-state index contributed by atoms with van der Waals surface area (Å²) in [4.78, 5) is 0. The van der Waals surface area contributed by atoms with Gasteiger partial charge >= 0.3 is 0 Å². The number of aromatic nitrogens is 4. The van der Waals surface area contributed by atoms with Gasteiger partial charge in [-0.25, -0.2) is 8.78 Å². The number of tetrazole rings is 1. The number of hydrogen-bond donors (Lipinski definition) is 1. The average molecular weight is 308 g/mol. The van der Waals surface area contributed by atoms with Crippen LogP contribution in [0.4, 0.5) is 14.5 Å². The molecular formula is C13H8ClF2N5. The molecule has 0 fully saturated rings. The van der Waals surface area contributed by atoms with Crippen LogP contribution in [0.25, 0.3) is 17.1 Å². The molecule has 2 N–H and O–H groups in total. The summed E-state index contributed by atoms with van der Waals surface area (Å²) in [6, 6.07) is 7.91. The Kier molecular flexibility index (Phi) is 3.26. The third-order valence-electron chi connectivity index (χ3n) is 2.83. The van der Waals surface area contributed by atoms with Gasteiger partial charge in [-0.05, 0) is 34.7 Å². The highest BCUT2D eigenvalue weighted by Gasteiger charge is 2.17. The molecule has 21 heavy (non-hydrogen) atoms. The van der Waals surface area contributed by atoms with Gasteiger partial charge in [0.1, 0.15) is 11.6 Å². The zero-order chi connectivity index (χ0) is 15.0. The van der Waals surface area contributed by atoms with Crippen molar-refractivity contribution in [1.29, 1.82) is 0 Å². The van der Waals surface area contributed by atoms with E-state index in [2.05, 4.69) is 15.5 Å². The van der Waals surface area contributed by atoms with Crippen LogP contribution in [0.2, 0.25) is 5.02 Å². The summed E-state index contributed by atoms with van der Waals surface area (Å²) in [7, 11) is 0. The highest BCUT2D eigenvalue weighted by Crippen LogP contribution is 2.32. The quantitative estimate of drug-likeness (QED) is 0.739. The van der Waals surface area contributed by atoms with E-state index in [0.717, 1.165) is 18.2 Å². The Balaban J connectivity index is 2.22. The maximum atomic E-state index is 13.3. The second-order valence-corrected chi connectivity index (χ2v) is 4.65. The third-order valence-corrected chi connectivity index (χ3v) is 3.15. The van der Waals surface area contributed by atoms with Gasteiger partial charge in [-0.3, -0.25) is 0 Å². The molecule has 5 nitrogen and oxygen atoms in total. The predicted octanol–water partition coefficient (Wildman–Crippen LogP) is 2.84. The van der Waals surface area contributed by atoms with Crippen molar-refractivity contribution in [3.63, 3.8) is 0 Å². The molecular weight excluding hydrogens is 300 g/mol. The summed E-state index contributed by atoms with van der Waals surface area (Å²) >= 11 is 6.11. The maximum Gasteiger partial charge on any atom is 0.190 e. The molecule has 0 unspecified atom stereocenters. The summed E-state index contributed by atoms with van der Waals surface area (Å²) in [5.41, 5.74) is 6.76. The molecule has 0 amide bonds. The minimum absolute atomic E-state index is 0.131. The standard InChI is InChI=1S/C13H8ClF2N5/c14-10-2-1-3-11(17)12(10)13-18-19-20-21(13)9-5-7(15)4-8(16)6-9/h1-6H,17H2. The number of rotatable bonds is 2. The molecule has 1 heterocycles. The zero-order valence-electron chi connectivity index (χ0n) is 10.5. The molecule has 0 atom stereocenters. The Morgan fingerprint density at radius 2 is 1.81 bits per heavy atom. The molecule has 0 bridgehead atoms. The number of hydrogen-bond acceptors (Lipinski definition) is 4. The van der Waals surface area contributed by atoms with E-state index in [4.69, 9.17) is 17.3 Å². The number of benzene rings is 2. The van der Waals surface area contributed by atoms with Crippen LogP contribution in [-0.4, -0.2) is 20.2 Å². The van der Waals surface area contributed by atoms with Crippen molar-refractivity contribution in [3.8, 4) is 17.1 Å². The van der Waals surface area contributed by atoms with E-state index in [0.29, 0.717) is 16.3 Å². The number of anilines is 1. The first-order chi connectivity index (χ1) is 10.1. The molecule has 3 aromatic rings. The van der Waals surface area contributed by atoms with Gasteiger partial charge in [0.05, 0.1) is 16.3 Å². The van der Waals surface area contributed by atoms with E-state index >= 15 is 0 Å². The van der Waals surface area contributed by atoms with Gasteiger partial charge < -0.3 is 5.73 Å². The molecule has 8 heteroatoms. The van der Waals surface area contributed by atoms with Gasteiger partial charge in [-0.15, -0.1) is 5.10 Å². The van der Waals surface area contributed by atoms with E-state index in [-0.39, 0.29) is 11.5 Å². The van der Waals surface area contributed by atoms with Crippen molar-refractivity contribution in [2.75, 3.05) is 5.73 Å². The van der Waals surface area contributed by atoms with Crippen LogP contribution in [0.15, 0.2) is 36.4 Å². The predicted molar refractivity (Wildman–Crippen MR) is 73.9 cm³/mol. The van der Waals surface area contributed by atoms with Crippen molar-refractivity contribution in [2.45, 2.75) is 0 Å². The molecule has 0 saturated heterocycles. The second-order valence-electron chi connectivity index (χ2n) is 4.25. The molecule has 1 aromatic heterocycles. The molecule has 0 aliphatic heterocycles. The molecule has 3 rings (SSSR count). The summed E-state index contributed by atoms with van der Waals surface area (Å²) in [6.07, 6.45) is 0. The van der Waals surface area contributed by atoms with Crippen LogP contribution >= 0.6 is 11.6 Å². The van der Waals surface area contributed by atoms with Crippen LogP contribution in [0.3, 0.4) is 0 Å². The molecule has 2 aromatic carbocycles. The Morgan fingerprint density at radius 3 is 2.48 bits per heavy atom. The fourth-order valence-corrected chi connectivity index (χ4v) is 2.22. The molecule has 0 aliphatic rings. The van der Waals surface area contributed by atoms with E-state index in [1.165, 1.54) is 4.68 Å². The van der Waals surface area contributed by atoms with Crippen LogP contribution in [-0.2, 0) is 0 Å². The van der Waals surface area contributed by atoms with Gasteiger partial charge in [0, 0.05) is 11.8 Å². The zero-order valence-corrected chi connectivity index (χ0v) is 11.2. The van der Waals surface area contributed by atoms with Crippen LogP contribution in [0, 0.1) is 11.6 Å². The number of nitrogens with zero attached hydrogens (tertiary/aromatic N) is 4. The lowest BCUT2D eigenvalue weighted by molar-refractivity contribution is 0.579. The van der Waals surface area contributed by atoms with Gasteiger partial charge in [-0.2, -0.15) is 4.68 Å². The van der Waals surface area contributed by atoms with Crippen molar-refractivity contribution in [3.05, 3.63) is 53.1 Å². The second kappa shape index (κ2) is 5.10. The van der Waals surface area contributed by atoms with Gasteiger partial charge in [0.2, 0.25) is 0 Å². The van der Waals surface area contributed by atoms with Crippen molar-refractivity contribution < 1.29 is 8.78 Å². The Morgan fingerprint density at radius 1 is 1.10 bits per heavy atom. The van der Waals surface area contributed by atoms with Gasteiger partial charge in [0.25, 0.3) is 0 Å². The fraction of sp³-hybridized carbons (Fsp3) is 0. The first-order valence-electron chi connectivity index (χ1n) is 5.85.